The molecule has 4 N–H and O–H groups in total. The number of likely N-dealkylation sites (N-methyl/N-ethyl adjacent to an activating group) is 1. The van der Waals surface area contributed by atoms with Crippen LogP contribution in [0.4, 0.5) is 0 Å². The predicted octanol–water partition coefficient (Wildman–Crippen LogP) is -0.152. The summed E-state index contributed by atoms with van der Waals surface area (Å²) in [5, 5.41) is 9.85. The van der Waals surface area contributed by atoms with Crippen molar-refractivity contribution in [3.8, 4) is 0 Å². The number of likely N-dealkylation sites (tertiary alicyclic amines) is 1. The highest BCUT2D eigenvalue weighted by Gasteiger charge is 2.31. The number of β-amino-alcohol motifs (C(OH)–C–C–N with tert-alkyl or cyclic N) is 1. The lowest BCUT2D eigenvalue weighted by molar-refractivity contribution is 0.0957. The number of hydrazine groups is 1. The molecule has 1 amide bonds. The maximum absolute atomic E-state index is 11.4. The van der Waals surface area contributed by atoms with E-state index in [1.54, 1.807) is 6.07 Å². The molecule has 0 bridgehead atoms. The molecule has 0 radical (unpaired) electrons. The van der Waals surface area contributed by atoms with Crippen LogP contribution in [0.15, 0.2) is 12.1 Å². The van der Waals surface area contributed by atoms with Crippen molar-refractivity contribution in [3.63, 3.8) is 0 Å². The molecule has 1 fully saturated rings. The lowest BCUT2D eigenvalue weighted by Gasteiger charge is -2.26. The van der Waals surface area contributed by atoms with E-state index in [9.17, 15) is 9.90 Å². The Hall–Kier alpha value is -0.990. The molecule has 2 rings (SSSR count). The van der Waals surface area contributed by atoms with E-state index < -0.39 is 0 Å². The summed E-state index contributed by atoms with van der Waals surface area (Å²) < 4.78 is 0. The number of rotatable bonds is 5. The Morgan fingerprint density at radius 3 is 3.00 bits per heavy atom. The fourth-order valence-corrected chi connectivity index (χ4v) is 3.56. The van der Waals surface area contributed by atoms with Crippen LogP contribution in [0.2, 0.25) is 0 Å². The van der Waals surface area contributed by atoms with E-state index >= 15 is 0 Å². The summed E-state index contributed by atoms with van der Waals surface area (Å²) in [4.78, 5) is 17.6. The standard InChI is InChI=1S/C13H22N4O2S/c1-16(2)6-9-5-10(18)7-17(9)8-11-3-4-12(20-11)13(19)15-14/h3-4,9-10,18H,5-8,14H2,1-2H3,(H,15,19). The number of hydrogen-bond acceptors (Lipinski definition) is 6. The second-order valence-electron chi connectivity index (χ2n) is 5.47. The summed E-state index contributed by atoms with van der Waals surface area (Å²) >= 11 is 1.45. The van der Waals surface area contributed by atoms with Crippen molar-refractivity contribution in [2.75, 3.05) is 27.2 Å². The molecule has 2 heterocycles. The lowest BCUT2D eigenvalue weighted by Crippen LogP contribution is -2.36. The largest absolute Gasteiger partial charge is 0.392 e. The van der Waals surface area contributed by atoms with E-state index in [1.165, 1.54) is 11.3 Å². The van der Waals surface area contributed by atoms with Crippen LogP contribution in [0, 0.1) is 0 Å². The van der Waals surface area contributed by atoms with Crippen molar-refractivity contribution in [2.45, 2.75) is 25.1 Å². The Labute approximate surface area is 123 Å². The topological polar surface area (TPSA) is 81.8 Å². The van der Waals surface area contributed by atoms with Gasteiger partial charge in [0.1, 0.15) is 0 Å². The SMILES string of the molecule is CN(C)CC1CC(O)CN1Cc1ccc(C(=O)NN)s1. The minimum Gasteiger partial charge on any atom is -0.392 e. The maximum atomic E-state index is 11.4. The zero-order chi connectivity index (χ0) is 14.7. The quantitative estimate of drug-likeness (QED) is 0.400. The first-order chi connectivity index (χ1) is 9.49. The van der Waals surface area contributed by atoms with Crippen molar-refractivity contribution >= 4 is 17.2 Å². The molecule has 0 saturated carbocycles. The Bertz CT molecular complexity index is 463. The van der Waals surface area contributed by atoms with Crippen molar-refractivity contribution in [1.82, 2.24) is 15.2 Å². The Balaban J connectivity index is 2.00. The number of carbonyl (C=O) groups excluding carboxylic acids is 1. The van der Waals surface area contributed by atoms with E-state index in [4.69, 9.17) is 5.84 Å². The third-order valence-electron chi connectivity index (χ3n) is 3.46. The first kappa shape index (κ1) is 15.4. The van der Waals surface area contributed by atoms with E-state index in [0.29, 0.717) is 17.5 Å². The zero-order valence-electron chi connectivity index (χ0n) is 11.9. The molecule has 1 saturated heterocycles. The molecule has 20 heavy (non-hydrogen) atoms. The Morgan fingerprint density at radius 1 is 1.60 bits per heavy atom. The van der Waals surface area contributed by atoms with Gasteiger partial charge in [-0.15, -0.1) is 11.3 Å². The molecule has 0 spiro atoms. The number of aliphatic hydroxyl groups is 1. The molecule has 0 aromatic carbocycles. The average Bonchev–Trinajstić information content (AvgIpc) is 2.96. The van der Waals surface area contributed by atoms with Crippen molar-refractivity contribution in [3.05, 3.63) is 21.9 Å². The zero-order valence-corrected chi connectivity index (χ0v) is 12.7. The van der Waals surface area contributed by atoms with Gasteiger partial charge in [-0.3, -0.25) is 15.1 Å². The molecule has 6 nitrogen and oxygen atoms in total. The number of amides is 1. The van der Waals surface area contributed by atoms with Gasteiger partial charge in [0.15, 0.2) is 0 Å². The van der Waals surface area contributed by atoms with Crippen LogP contribution < -0.4 is 11.3 Å². The number of nitrogens with two attached hydrogens (primary N) is 1. The number of aliphatic hydroxyl groups excluding tert-OH is 1. The fourth-order valence-electron chi connectivity index (χ4n) is 2.62. The van der Waals surface area contributed by atoms with Gasteiger partial charge in [-0.25, -0.2) is 5.84 Å². The first-order valence-corrected chi connectivity index (χ1v) is 7.47. The molecule has 1 aromatic rings. The monoisotopic (exact) mass is 298 g/mol. The highest BCUT2D eigenvalue weighted by molar-refractivity contribution is 7.14. The normalized spacial score (nSPS) is 23.4. The molecule has 2 atom stereocenters. The van der Waals surface area contributed by atoms with E-state index in [-0.39, 0.29) is 12.0 Å². The average molecular weight is 298 g/mol. The van der Waals surface area contributed by atoms with Crippen LogP contribution in [0.1, 0.15) is 21.0 Å². The van der Waals surface area contributed by atoms with Crippen molar-refractivity contribution in [2.24, 2.45) is 5.84 Å². The number of carbonyl (C=O) groups is 1. The van der Waals surface area contributed by atoms with Crippen LogP contribution in [0.25, 0.3) is 0 Å². The highest BCUT2D eigenvalue weighted by Crippen LogP contribution is 2.24. The van der Waals surface area contributed by atoms with Crippen LogP contribution in [-0.2, 0) is 6.54 Å². The van der Waals surface area contributed by atoms with Gasteiger partial charge in [0.25, 0.3) is 5.91 Å². The van der Waals surface area contributed by atoms with Crippen molar-refractivity contribution < 1.29 is 9.90 Å². The minimum absolute atomic E-state index is 0.257. The summed E-state index contributed by atoms with van der Waals surface area (Å²) in [5.41, 5.74) is 2.14. The van der Waals surface area contributed by atoms with Crippen molar-refractivity contribution in [1.29, 1.82) is 0 Å². The van der Waals surface area contributed by atoms with Gasteiger partial charge in [0.05, 0.1) is 11.0 Å². The number of nitrogens with one attached hydrogen (secondary N) is 1. The molecular weight excluding hydrogens is 276 g/mol. The summed E-state index contributed by atoms with van der Waals surface area (Å²) in [5.74, 6) is 4.87. The molecule has 1 aliphatic rings. The van der Waals surface area contributed by atoms with Crippen LogP contribution in [-0.4, -0.2) is 60.1 Å². The minimum atomic E-state index is -0.258. The molecule has 1 aromatic heterocycles. The van der Waals surface area contributed by atoms with Gasteiger partial charge in [-0.1, -0.05) is 0 Å². The predicted molar refractivity (Wildman–Crippen MR) is 79.3 cm³/mol. The van der Waals surface area contributed by atoms with Crippen LogP contribution in [0.5, 0.6) is 0 Å². The number of nitrogen functional groups attached to an aromatic ring is 1. The third kappa shape index (κ3) is 3.77. The molecule has 7 heteroatoms. The van der Waals surface area contributed by atoms with Gasteiger partial charge in [0, 0.05) is 30.6 Å². The molecule has 112 valence electrons. The van der Waals surface area contributed by atoms with Crippen LogP contribution in [0.3, 0.4) is 0 Å². The van der Waals surface area contributed by atoms with Gasteiger partial charge >= 0.3 is 0 Å². The molecular formula is C13H22N4O2S. The third-order valence-corrected chi connectivity index (χ3v) is 4.53. The fraction of sp³-hybridized carbons (Fsp3) is 0.615. The maximum Gasteiger partial charge on any atom is 0.275 e. The van der Waals surface area contributed by atoms with E-state index in [2.05, 4.69) is 15.2 Å². The number of hydrogen-bond donors (Lipinski definition) is 3. The summed E-state index contributed by atoms with van der Waals surface area (Å²) in [7, 11) is 4.08. The smallest absolute Gasteiger partial charge is 0.275 e. The summed E-state index contributed by atoms with van der Waals surface area (Å²) in [6, 6.07) is 4.09. The Kier molecular flexibility index (Phi) is 5.11. The van der Waals surface area contributed by atoms with Crippen LogP contribution >= 0.6 is 11.3 Å². The van der Waals surface area contributed by atoms with E-state index in [1.807, 2.05) is 20.2 Å². The van der Waals surface area contributed by atoms with Gasteiger partial charge in [0.2, 0.25) is 0 Å². The first-order valence-electron chi connectivity index (χ1n) is 6.66. The second-order valence-corrected chi connectivity index (χ2v) is 6.64. The lowest BCUT2D eigenvalue weighted by atomic mass is 10.2. The summed E-state index contributed by atoms with van der Waals surface area (Å²) in [6.07, 6.45) is 0.548. The van der Waals surface area contributed by atoms with Gasteiger partial charge in [-0.05, 0) is 32.6 Å². The number of nitrogens with zero attached hydrogens (tertiary/aromatic N) is 2. The second kappa shape index (κ2) is 6.64. The molecule has 0 aliphatic carbocycles. The highest BCUT2D eigenvalue weighted by atomic mass is 32.1. The molecule has 2 unspecified atom stereocenters. The summed E-state index contributed by atoms with van der Waals surface area (Å²) in [6.45, 7) is 2.38. The number of thiophene rings is 1. The Morgan fingerprint density at radius 2 is 2.35 bits per heavy atom. The van der Waals surface area contributed by atoms with E-state index in [0.717, 1.165) is 24.4 Å². The molecule has 1 aliphatic heterocycles. The van der Waals surface area contributed by atoms with Gasteiger partial charge < -0.3 is 10.0 Å². The van der Waals surface area contributed by atoms with Gasteiger partial charge in [-0.2, -0.15) is 0 Å².